The minimum absolute atomic E-state index is 0.0536. The molecule has 8 heteroatoms. The van der Waals surface area contributed by atoms with Gasteiger partial charge in [0.25, 0.3) is 5.69 Å². The number of hydrogen-bond donors (Lipinski definition) is 0. The van der Waals surface area contributed by atoms with Crippen LogP contribution in [-0.4, -0.2) is 33.8 Å². The van der Waals surface area contributed by atoms with Gasteiger partial charge in [0.2, 0.25) is 0 Å². The van der Waals surface area contributed by atoms with Crippen molar-refractivity contribution in [3.05, 3.63) is 46.0 Å². The zero-order valence-electron chi connectivity index (χ0n) is 12.2. The van der Waals surface area contributed by atoms with Crippen molar-refractivity contribution in [2.24, 2.45) is 7.05 Å². The first-order chi connectivity index (χ1) is 10.0. The Bertz CT molecular complexity index is 640. The highest BCUT2D eigenvalue weighted by Gasteiger charge is 2.15. The van der Waals surface area contributed by atoms with Gasteiger partial charge in [0, 0.05) is 44.6 Å². The first-order valence-electron chi connectivity index (χ1n) is 6.33. The molecule has 112 valence electrons. The Morgan fingerprint density at radius 1 is 1.48 bits per heavy atom. The monoisotopic (exact) mass is 291 g/mol. The predicted octanol–water partition coefficient (Wildman–Crippen LogP) is 1.51. The lowest BCUT2D eigenvalue weighted by molar-refractivity contribution is -0.384. The van der Waals surface area contributed by atoms with Crippen molar-refractivity contribution in [3.63, 3.8) is 0 Å². The highest BCUT2D eigenvalue weighted by atomic mass is 16.6. The van der Waals surface area contributed by atoms with Crippen LogP contribution < -0.4 is 4.90 Å². The number of hydrogen-bond acceptors (Lipinski definition) is 6. The third kappa shape index (κ3) is 3.34. The van der Waals surface area contributed by atoms with Crippen molar-refractivity contribution in [3.8, 4) is 0 Å². The Kier molecular flexibility index (Phi) is 4.49. The summed E-state index contributed by atoms with van der Waals surface area (Å²) in [4.78, 5) is 16.6. The second kappa shape index (κ2) is 6.31. The van der Waals surface area contributed by atoms with E-state index in [1.54, 1.807) is 17.9 Å². The summed E-state index contributed by atoms with van der Waals surface area (Å²) >= 11 is 0. The van der Waals surface area contributed by atoms with E-state index in [-0.39, 0.29) is 5.69 Å². The van der Waals surface area contributed by atoms with Crippen LogP contribution in [0, 0.1) is 10.1 Å². The van der Waals surface area contributed by atoms with Crippen LogP contribution in [0.15, 0.2) is 24.5 Å². The molecule has 0 N–H and O–H groups in total. The van der Waals surface area contributed by atoms with E-state index < -0.39 is 4.92 Å². The number of benzene rings is 1. The van der Waals surface area contributed by atoms with E-state index in [2.05, 4.69) is 10.1 Å². The molecular weight excluding hydrogens is 274 g/mol. The summed E-state index contributed by atoms with van der Waals surface area (Å²) < 4.78 is 6.82. The van der Waals surface area contributed by atoms with E-state index in [0.717, 1.165) is 17.1 Å². The Morgan fingerprint density at radius 3 is 2.81 bits per heavy atom. The van der Waals surface area contributed by atoms with E-state index in [9.17, 15) is 10.1 Å². The van der Waals surface area contributed by atoms with E-state index in [0.29, 0.717) is 13.2 Å². The number of aromatic nitrogens is 3. The van der Waals surface area contributed by atoms with Crippen LogP contribution in [0.2, 0.25) is 0 Å². The maximum atomic E-state index is 10.9. The lowest BCUT2D eigenvalue weighted by Crippen LogP contribution is -2.20. The van der Waals surface area contributed by atoms with E-state index >= 15 is 0 Å². The maximum absolute atomic E-state index is 10.9. The molecule has 0 saturated carbocycles. The second-order valence-electron chi connectivity index (χ2n) is 4.66. The van der Waals surface area contributed by atoms with Crippen LogP contribution >= 0.6 is 0 Å². The van der Waals surface area contributed by atoms with Crippen molar-refractivity contribution in [2.45, 2.75) is 13.2 Å². The smallest absolute Gasteiger partial charge is 0.269 e. The zero-order chi connectivity index (χ0) is 15.4. The molecule has 0 unspecified atom stereocenters. The number of anilines is 1. The summed E-state index contributed by atoms with van der Waals surface area (Å²) in [6, 6.07) is 4.75. The molecule has 0 aliphatic heterocycles. The summed E-state index contributed by atoms with van der Waals surface area (Å²) in [7, 11) is 5.28. The lowest BCUT2D eigenvalue weighted by atomic mass is 10.1. The number of methoxy groups -OCH3 is 1. The number of aryl methyl sites for hydroxylation is 1. The highest BCUT2D eigenvalue weighted by Crippen LogP contribution is 2.26. The summed E-state index contributed by atoms with van der Waals surface area (Å²) in [5, 5.41) is 14.9. The Labute approximate surface area is 122 Å². The van der Waals surface area contributed by atoms with Gasteiger partial charge in [-0.1, -0.05) is 0 Å². The molecular formula is C13H17N5O3. The molecule has 0 bridgehead atoms. The highest BCUT2D eigenvalue weighted by molar-refractivity contribution is 5.57. The number of nitrogens with zero attached hydrogens (tertiary/aromatic N) is 5. The summed E-state index contributed by atoms with van der Waals surface area (Å²) in [6.07, 6.45) is 1.50. The van der Waals surface area contributed by atoms with Crippen LogP contribution in [0.3, 0.4) is 0 Å². The van der Waals surface area contributed by atoms with Crippen molar-refractivity contribution in [1.29, 1.82) is 0 Å². The summed E-state index contributed by atoms with van der Waals surface area (Å²) in [5.74, 6) is 0.805. The fraction of sp³-hybridized carbons (Fsp3) is 0.385. The molecule has 0 amide bonds. The van der Waals surface area contributed by atoms with Crippen LogP contribution in [0.1, 0.15) is 11.4 Å². The third-order valence-electron chi connectivity index (χ3n) is 3.17. The first-order valence-corrected chi connectivity index (χ1v) is 6.33. The Hall–Kier alpha value is -2.48. The van der Waals surface area contributed by atoms with Crippen molar-refractivity contribution < 1.29 is 9.66 Å². The zero-order valence-corrected chi connectivity index (χ0v) is 12.2. The molecule has 1 aromatic heterocycles. The van der Waals surface area contributed by atoms with Gasteiger partial charge in [-0.05, 0) is 6.07 Å². The average molecular weight is 291 g/mol. The Morgan fingerprint density at radius 2 is 2.24 bits per heavy atom. The number of non-ortho nitro benzene ring substituents is 1. The van der Waals surface area contributed by atoms with Gasteiger partial charge < -0.3 is 9.64 Å². The molecule has 0 aliphatic rings. The molecule has 2 rings (SSSR count). The molecule has 8 nitrogen and oxygen atoms in total. The molecule has 0 aliphatic carbocycles. The molecule has 0 atom stereocenters. The van der Waals surface area contributed by atoms with Crippen LogP contribution in [-0.2, 0) is 24.9 Å². The van der Waals surface area contributed by atoms with E-state index in [1.807, 2.05) is 19.0 Å². The minimum Gasteiger partial charge on any atom is -0.380 e. The number of ether oxygens (including phenoxy) is 1. The van der Waals surface area contributed by atoms with Gasteiger partial charge in [0.05, 0.1) is 18.1 Å². The number of rotatable bonds is 6. The van der Waals surface area contributed by atoms with Gasteiger partial charge in [0.1, 0.15) is 12.2 Å². The van der Waals surface area contributed by atoms with Gasteiger partial charge in [-0.3, -0.25) is 14.8 Å². The van der Waals surface area contributed by atoms with E-state index in [1.165, 1.54) is 18.5 Å². The SMILES string of the molecule is COCc1cc([N+](=O)[O-])ccc1N(C)Cc1ncnn1C. The molecule has 0 radical (unpaired) electrons. The fourth-order valence-electron chi connectivity index (χ4n) is 2.09. The topological polar surface area (TPSA) is 86.3 Å². The van der Waals surface area contributed by atoms with Gasteiger partial charge in [-0.2, -0.15) is 5.10 Å². The van der Waals surface area contributed by atoms with Gasteiger partial charge >= 0.3 is 0 Å². The van der Waals surface area contributed by atoms with Crippen molar-refractivity contribution in [2.75, 3.05) is 19.1 Å². The summed E-state index contributed by atoms with van der Waals surface area (Å²) in [6.45, 7) is 0.852. The molecule has 0 spiro atoms. The quantitative estimate of drug-likeness (QED) is 0.592. The third-order valence-corrected chi connectivity index (χ3v) is 3.17. The predicted molar refractivity (Wildman–Crippen MR) is 76.9 cm³/mol. The average Bonchev–Trinajstić information content (AvgIpc) is 2.84. The molecule has 1 aromatic carbocycles. The minimum atomic E-state index is -0.411. The fourth-order valence-corrected chi connectivity index (χ4v) is 2.09. The van der Waals surface area contributed by atoms with Gasteiger partial charge in [-0.15, -0.1) is 0 Å². The number of nitro groups is 1. The number of nitro benzene ring substituents is 1. The summed E-state index contributed by atoms with van der Waals surface area (Å²) in [5.41, 5.74) is 1.68. The molecule has 0 fully saturated rings. The van der Waals surface area contributed by atoms with Gasteiger partial charge in [-0.25, -0.2) is 4.98 Å². The van der Waals surface area contributed by atoms with Crippen molar-refractivity contribution >= 4 is 11.4 Å². The molecule has 21 heavy (non-hydrogen) atoms. The second-order valence-corrected chi connectivity index (χ2v) is 4.66. The lowest BCUT2D eigenvalue weighted by Gasteiger charge is -2.21. The van der Waals surface area contributed by atoms with Crippen LogP contribution in [0.5, 0.6) is 0 Å². The van der Waals surface area contributed by atoms with E-state index in [4.69, 9.17) is 4.74 Å². The standard InChI is InChI=1S/C13H17N5O3/c1-16(7-13-14-9-15-17(13)2)12-5-4-11(18(19)20)6-10(12)8-21-3/h4-6,9H,7-8H2,1-3H3. The van der Waals surface area contributed by atoms with Crippen LogP contribution in [0.25, 0.3) is 0 Å². The van der Waals surface area contributed by atoms with Crippen molar-refractivity contribution in [1.82, 2.24) is 14.8 Å². The normalized spacial score (nSPS) is 10.6. The Balaban J connectivity index is 2.29. The largest absolute Gasteiger partial charge is 0.380 e. The maximum Gasteiger partial charge on any atom is 0.269 e. The van der Waals surface area contributed by atoms with Gasteiger partial charge in [0.15, 0.2) is 0 Å². The van der Waals surface area contributed by atoms with Crippen LogP contribution in [0.4, 0.5) is 11.4 Å². The molecule has 0 saturated heterocycles. The molecule has 2 aromatic rings. The molecule has 1 heterocycles. The first kappa shape index (κ1) is 14.9.